The lowest BCUT2D eigenvalue weighted by molar-refractivity contribution is -0.0526. The van der Waals surface area contributed by atoms with E-state index in [0.717, 1.165) is 37.5 Å². The summed E-state index contributed by atoms with van der Waals surface area (Å²) in [5.41, 5.74) is -0.707. The third-order valence-electron chi connectivity index (χ3n) is 4.44. The second kappa shape index (κ2) is 4.51. The molecule has 4 rings (SSSR count). The van der Waals surface area contributed by atoms with Crippen LogP contribution in [0, 0.1) is 11.8 Å². The number of nitrogens with zero attached hydrogens (tertiary/aromatic N) is 1. The maximum atomic E-state index is 12.1. The van der Waals surface area contributed by atoms with Crippen molar-refractivity contribution in [1.29, 1.82) is 0 Å². The number of carbonyl (C=O) groups is 1. The van der Waals surface area contributed by atoms with Gasteiger partial charge in [-0.15, -0.1) is 11.6 Å². The molecule has 3 nitrogen and oxygen atoms in total. The zero-order chi connectivity index (χ0) is 12.0. The Morgan fingerprint density at radius 3 is 2.18 bits per heavy atom. The van der Waals surface area contributed by atoms with Crippen LogP contribution in [0.4, 0.5) is 4.79 Å². The number of carbonyl (C=O) groups excluding carboxylic acids is 1. The fraction of sp³-hybridized carbons (Fsp3) is 0.917. The molecule has 1 amide bonds. The Bertz CT molecular complexity index is 296. The summed E-state index contributed by atoms with van der Waals surface area (Å²) in [7, 11) is 0. The third kappa shape index (κ3) is 2.12. The van der Waals surface area contributed by atoms with Gasteiger partial charge in [0.15, 0.2) is 5.56 Å². The summed E-state index contributed by atoms with van der Waals surface area (Å²) >= 11 is 11.3. The molecule has 0 aromatic heterocycles. The van der Waals surface area contributed by atoms with E-state index < -0.39 is 5.56 Å². The Morgan fingerprint density at radius 2 is 1.71 bits per heavy atom. The minimum atomic E-state index is -0.707. The molecular formula is C12H17Cl2NO2. The van der Waals surface area contributed by atoms with Crippen LogP contribution in [0.1, 0.15) is 32.1 Å². The molecule has 2 aliphatic carbocycles. The Balaban J connectivity index is 1.69. The number of halogens is 2. The zero-order valence-electron chi connectivity index (χ0n) is 9.65. The summed E-state index contributed by atoms with van der Waals surface area (Å²) in [6.07, 6.45) is 5.70. The van der Waals surface area contributed by atoms with Crippen LogP contribution < -0.4 is 0 Å². The summed E-state index contributed by atoms with van der Waals surface area (Å²) in [4.78, 5) is 14.0. The lowest BCUT2D eigenvalue weighted by Gasteiger charge is -2.55. The second-order valence-electron chi connectivity index (χ2n) is 5.57. The first-order chi connectivity index (χ1) is 8.17. The molecule has 0 radical (unpaired) electrons. The number of hydrogen-bond acceptors (Lipinski definition) is 2. The van der Waals surface area contributed by atoms with Crippen molar-refractivity contribution < 1.29 is 9.53 Å². The largest absolute Gasteiger partial charge is 0.428 e. The minimum absolute atomic E-state index is 0.141. The molecule has 1 atom stereocenters. The lowest BCUT2D eigenvalue weighted by atomic mass is 9.64. The fourth-order valence-corrected chi connectivity index (χ4v) is 4.17. The predicted molar refractivity (Wildman–Crippen MR) is 66.3 cm³/mol. The van der Waals surface area contributed by atoms with Gasteiger partial charge < -0.3 is 9.64 Å². The van der Waals surface area contributed by atoms with Gasteiger partial charge in [-0.2, -0.15) is 0 Å². The van der Waals surface area contributed by atoms with Gasteiger partial charge in [0.25, 0.3) is 0 Å². The first kappa shape index (κ1) is 11.9. The normalized spacial score (nSPS) is 40.5. The van der Waals surface area contributed by atoms with Crippen molar-refractivity contribution in [3.8, 4) is 0 Å². The summed E-state index contributed by atoms with van der Waals surface area (Å²) in [6, 6.07) is 0.774. The SMILES string of the molecule is O=C(OC(Cl)CCl)N1C2CC3CC(C2)CC1C3. The van der Waals surface area contributed by atoms with Gasteiger partial charge in [-0.25, -0.2) is 4.79 Å². The van der Waals surface area contributed by atoms with E-state index in [1.807, 2.05) is 4.90 Å². The maximum absolute atomic E-state index is 12.1. The van der Waals surface area contributed by atoms with E-state index in [1.165, 1.54) is 6.42 Å². The molecule has 0 spiro atoms. The highest BCUT2D eigenvalue weighted by Gasteiger charge is 2.49. The molecule has 2 heterocycles. The number of hydrogen-bond donors (Lipinski definition) is 0. The van der Waals surface area contributed by atoms with Gasteiger partial charge in [-0.3, -0.25) is 0 Å². The quantitative estimate of drug-likeness (QED) is 0.726. The van der Waals surface area contributed by atoms with Crippen molar-refractivity contribution in [2.24, 2.45) is 11.8 Å². The average molecular weight is 278 g/mol. The molecule has 96 valence electrons. The number of rotatable bonds is 2. The van der Waals surface area contributed by atoms with Gasteiger partial charge in [0, 0.05) is 12.1 Å². The van der Waals surface area contributed by atoms with Crippen molar-refractivity contribution >= 4 is 29.3 Å². The van der Waals surface area contributed by atoms with Crippen molar-refractivity contribution in [2.75, 3.05) is 5.88 Å². The molecular weight excluding hydrogens is 261 g/mol. The monoisotopic (exact) mass is 277 g/mol. The van der Waals surface area contributed by atoms with Crippen LogP contribution in [-0.2, 0) is 4.74 Å². The van der Waals surface area contributed by atoms with E-state index in [0.29, 0.717) is 12.1 Å². The topological polar surface area (TPSA) is 29.5 Å². The van der Waals surface area contributed by atoms with Crippen LogP contribution in [-0.4, -0.2) is 34.5 Å². The summed E-state index contributed by atoms with van der Waals surface area (Å²) < 4.78 is 5.15. The van der Waals surface area contributed by atoms with Crippen LogP contribution in [0.15, 0.2) is 0 Å². The molecule has 0 aromatic carbocycles. The molecule has 2 saturated carbocycles. The Kier molecular flexibility index (Phi) is 3.16. The maximum Gasteiger partial charge on any atom is 0.411 e. The van der Waals surface area contributed by atoms with Crippen LogP contribution in [0.5, 0.6) is 0 Å². The standard InChI is InChI=1S/C12H17Cl2NO2/c13-6-11(14)17-12(16)15-9-2-7-1-8(4-9)5-10(15)3-7/h7-11H,1-6H2. The van der Waals surface area contributed by atoms with Gasteiger partial charge in [0.2, 0.25) is 0 Å². The predicted octanol–water partition coefficient (Wildman–Crippen LogP) is 3.19. The van der Waals surface area contributed by atoms with Crippen molar-refractivity contribution in [2.45, 2.75) is 49.8 Å². The average Bonchev–Trinajstić information content (AvgIpc) is 2.27. The minimum Gasteiger partial charge on any atom is -0.428 e. The number of amides is 1. The molecule has 4 aliphatic rings. The van der Waals surface area contributed by atoms with E-state index in [4.69, 9.17) is 27.9 Å². The molecule has 17 heavy (non-hydrogen) atoms. The molecule has 5 heteroatoms. The van der Waals surface area contributed by atoms with Gasteiger partial charge >= 0.3 is 6.09 Å². The second-order valence-corrected chi connectivity index (χ2v) is 6.37. The molecule has 4 bridgehead atoms. The Morgan fingerprint density at radius 1 is 1.18 bits per heavy atom. The van der Waals surface area contributed by atoms with Crippen molar-refractivity contribution in [1.82, 2.24) is 4.90 Å². The zero-order valence-corrected chi connectivity index (χ0v) is 11.2. The van der Waals surface area contributed by atoms with Gasteiger partial charge in [-0.05, 0) is 43.9 Å². The van der Waals surface area contributed by atoms with Crippen LogP contribution in [0.25, 0.3) is 0 Å². The van der Waals surface area contributed by atoms with Crippen LogP contribution >= 0.6 is 23.2 Å². The van der Waals surface area contributed by atoms with Crippen LogP contribution in [0.2, 0.25) is 0 Å². The van der Waals surface area contributed by atoms with E-state index in [9.17, 15) is 4.79 Å². The van der Waals surface area contributed by atoms with E-state index in [2.05, 4.69) is 0 Å². The summed E-state index contributed by atoms with van der Waals surface area (Å²) in [6.45, 7) is 0. The molecule has 4 fully saturated rings. The first-order valence-electron chi connectivity index (χ1n) is 6.36. The molecule has 1 unspecified atom stereocenters. The number of piperidine rings is 2. The Hall–Kier alpha value is -0.150. The van der Waals surface area contributed by atoms with Gasteiger partial charge in [0.1, 0.15) is 0 Å². The van der Waals surface area contributed by atoms with Gasteiger partial charge in [0.05, 0.1) is 5.88 Å². The molecule has 0 aromatic rings. The number of ether oxygens (including phenoxy) is 1. The van der Waals surface area contributed by atoms with Crippen molar-refractivity contribution in [3.63, 3.8) is 0 Å². The van der Waals surface area contributed by atoms with Crippen LogP contribution in [0.3, 0.4) is 0 Å². The highest BCUT2D eigenvalue weighted by molar-refractivity contribution is 6.27. The van der Waals surface area contributed by atoms with E-state index in [-0.39, 0.29) is 12.0 Å². The number of alkyl halides is 2. The molecule has 2 saturated heterocycles. The fourth-order valence-electron chi connectivity index (χ4n) is 4.03. The Labute approximate surface area is 111 Å². The smallest absolute Gasteiger partial charge is 0.411 e. The van der Waals surface area contributed by atoms with Crippen molar-refractivity contribution in [3.05, 3.63) is 0 Å². The molecule has 2 aliphatic heterocycles. The van der Waals surface area contributed by atoms with E-state index >= 15 is 0 Å². The third-order valence-corrected chi connectivity index (χ3v) is 5.12. The highest BCUT2D eigenvalue weighted by Crippen LogP contribution is 2.49. The lowest BCUT2D eigenvalue weighted by Crippen LogP contribution is -2.60. The highest BCUT2D eigenvalue weighted by atomic mass is 35.5. The molecule has 0 N–H and O–H groups in total. The first-order valence-corrected chi connectivity index (χ1v) is 7.33. The summed E-state index contributed by atoms with van der Waals surface area (Å²) in [5, 5.41) is 0. The van der Waals surface area contributed by atoms with Gasteiger partial charge in [-0.1, -0.05) is 11.6 Å². The summed E-state index contributed by atoms with van der Waals surface area (Å²) in [5.74, 6) is 1.81. The van der Waals surface area contributed by atoms with E-state index in [1.54, 1.807) is 0 Å².